The molecule has 0 aliphatic heterocycles. The van der Waals surface area contributed by atoms with Gasteiger partial charge in [0.2, 0.25) is 5.91 Å². The third-order valence-electron chi connectivity index (χ3n) is 2.56. The SMILES string of the molecule is CCN(CC)C(=O)CNCCc1ccsc1. The third-order valence-corrected chi connectivity index (χ3v) is 3.29. The molecule has 1 N–H and O–H groups in total. The molecule has 1 heterocycles. The number of hydrogen-bond donors (Lipinski definition) is 1. The van der Waals surface area contributed by atoms with Crippen molar-refractivity contribution in [1.82, 2.24) is 10.2 Å². The maximum Gasteiger partial charge on any atom is 0.236 e. The zero-order valence-electron chi connectivity index (χ0n) is 10.0. The van der Waals surface area contributed by atoms with Crippen LogP contribution in [0.5, 0.6) is 0 Å². The Bertz CT molecular complexity index is 294. The summed E-state index contributed by atoms with van der Waals surface area (Å²) < 4.78 is 0. The number of likely N-dealkylation sites (N-methyl/N-ethyl adjacent to an activating group) is 1. The fraction of sp³-hybridized carbons (Fsp3) is 0.583. The summed E-state index contributed by atoms with van der Waals surface area (Å²) in [5.74, 6) is 0.190. The van der Waals surface area contributed by atoms with Crippen molar-refractivity contribution in [2.24, 2.45) is 0 Å². The molecule has 1 amide bonds. The van der Waals surface area contributed by atoms with Crippen LogP contribution in [0, 0.1) is 0 Å². The first-order valence-electron chi connectivity index (χ1n) is 5.77. The van der Waals surface area contributed by atoms with E-state index in [0.717, 1.165) is 26.1 Å². The van der Waals surface area contributed by atoms with Crippen LogP contribution in [0.1, 0.15) is 19.4 Å². The van der Waals surface area contributed by atoms with Crippen LogP contribution < -0.4 is 5.32 Å². The van der Waals surface area contributed by atoms with Gasteiger partial charge in [-0.05, 0) is 49.2 Å². The molecule has 1 aromatic rings. The van der Waals surface area contributed by atoms with E-state index in [1.807, 2.05) is 18.7 Å². The molecular weight excluding hydrogens is 220 g/mol. The molecule has 0 saturated heterocycles. The van der Waals surface area contributed by atoms with E-state index in [2.05, 4.69) is 22.1 Å². The quantitative estimate of drug-likeness (QED) is 0.736. The average Bonchev–Trinajstić information content (AvgIpc) is 2.79. The summed E-state index contributed by atoms with van der Waals surface area (Å²) in [6, 6.07) is 2.12. The number of thiophene rings is 1. The predicted octanol–water partition coefficient (Wildman–Crippen LogP) is 1.75. The Balaban J connectivity index is 2.13. The minimum Gasteiger partial charge on any atom is -0.342 e. The molecule has 0 atom stereocenters. The minimum absolute atomic E-state index is 0.190. The van der Waals surface area contributed by atoms with E-state index in [1.54, 1.807) is 11.3 Å². The van der Waals surface area contributed by atoms with Crippen LogP contribution in [0.3, 0.4) is 0 Å². The molecule has 0 aliphatic rings. The zero-order chi connectivity index (χ0) is 11.8. The smallest absolute Gasteiger partial charge is 0.236 e. The van der Waals surface area contributed by atoms with E-state index < -0.39 is 0 Å². The number of amides is 1. The lowest BCUT2D eigenvalue weighted by Gasteiger charge is -2.18. The van der Waals surface area contributed by atoms with Crippen molar-refractivity contribution in [2.75, 3.05) is 26.2 Å². The number of carbonyl (C=O) groups excluding carboxylic acids is 1. The Kier molecular flexibility index (Phi) is 6.11. The fourth-order valence-electron chi connectivity index (χ4n) is 1.55. The molecule has 0 unspecified atom stereocenters. The largest absolute Gasteiger partial charge is 0.342 e. The van der Waals surface area contributed by atoms with Crippen molar-refractivity contribution in [1.29, 1.82) is 0 Å². The van der Waals surface area contributed by atoms with Crippen LogP contribution in [0.4, 0.5) is 0 Å². The molecule has 1 aromatic heterocycles. The van der Waals surface area contributed by atoms with Crippen molar-refractivity contribution in [2.45, 2.75) is 20.3 Å². The summed E-state index contributed by atoms with van der Waals surface area (Å²) in [4.78, 5) is 13.5. The lowest BCUT2D eigenvalue weighted by atomic mass is 10.2. The standard InChI is InChI=1S/C12H20N2OS/c1-3-14(4-2)12(15)9-13-7-5-11-6-8-16-10-11/h6,8,10,13H,3-5,7,9H2,1-2H3. The Morgan fingerprint density at radius 3 is 2.75 bits per heavy atom. The van der Waals surface area contributed by atoms with Gasteiger partial charge in [0.15, 0.2) is 0 Å². The molecule has 0 bridgehead atoms. The number of nitrogens with zero attached hydrogens (tertiary/aromatic N) is 1. The van der Waals surface area contributed by atoms with Crippen molar-refractivity contribution in [3.8, 4) is 0 Å². The molecule has 90 valence electrons. The first kappa shape index (κ1) is 13.2. The Labute approximate surface area is 101 Å². The van der Waals surface area contributed by atoms with Gasteiger partial charge in [-0.2, -0.15) is 11.3 Å². The van der Waals surface area contributed by atoms with E-state index in [9.17, 15) is 4.79 Å². The summed E-state index contributed by atoms with van der Waals surface area (Å²) >= 11 is 1.71. The van der Waals surface area contributed by atoms with E-state index in [1.165, 1.54) is 5.56 Å². The highest BCUT2D eigenvalue weighted by Crippen LogP contribution is 2.05. The van der Waals surface area contributed by atoms with Gasteiger partial charge in [0, 0.05) is 13.1 Å². The van der Waals surface area contributed by atoms with Gasteiger partial charge >= 0.3 is 0 Å². The van der Waals surface area contributed by atoms with E-state index in [0.29, 0.717) is 6.54 Å². The van der Waals surface area contributed by atoms with Gasteiger partial charge in [0.05, 0.1) is 6.54 Å². The van der Waals surface area contributed by atoms with Gasteiger partial charge in [-0.15, -0.1) is 0 Å². The average molecular weight is 240 g/mol. The summed E-state index contributed by atoms with van der Waals surface area (Å²) in [6.45, 7) is 6.91. The molecule has 0 saturated carbocycles. The van der Waals surface area contributed by atoms with E-state index >= 15 is 0 Å². The highest BCUT2D eigenvalue weighted by molar-refractivity contribution is 7.07. The molecular formula is C12H20N2OS. The summed E-state index contributed by atoms with van der Waals surface area (Å²) in [5.41, 5.74) is 1.34. The summed E-state index contributed by atoms with van der Waals surface area (Å²) in [6.07, 6.45) is 0.995. The number of nitrogens with one attached hydrogen (secondary N) is 1. The lowest BCUT2D eigenvalue weighted by Crippen LogP contribution is -2.38. The van der Waals surface area contributed by atoms with Gasteiger partial charge in [0.25, 0.3) is 0 Å². The Hall–Kier alpha value is -0.870. The van der Waals surface area contributed by atoms with E-state index in [-0.39, 0.29) is 5.91 Å². The van der Waals surface area contributed by atoms with Gasteiger partial charge in [-0.25, -0.2) is 0 Å². The topological polar surface area (TPSA) is 32.3 Å². The predicted molar refractivity (Wildman–Crippen MR) is 68.8 cm³/mol. The molecule has 0 radical (unpaired) electrons. The second kappa shape index (κ2) is 7.41. The summed E-state index contributed by atoms with van der Waals surface area (Å²) in [7, 11) is 0. The van der Waals surface area contributed by atoms with Crippen LogP contribution in [0.25, 0.3) is 0 Å². The summed E-state index contributed by atoms with van der Waals surface area (Å²) in [5, 5.41) is 7.41. The van der Waals surface area contributed by atoms with Crippen molar-refractivity contribution < 1.29 is 4.79 Å². The monoisotopic (exact) mass is 240 g/mol. The van der Waals surface area contributed by atoms with Crippen LogP contribution in [-0.2, 0) is 11.2 Å². The van der Waals surface area contributed by atoms with Crippen LogP contribution in [0.2, 0.25) is 0 Å². The van der Waals surface area contributed by atoms with Gasteiger partial charge < -0.3 is 10.2 Å². The molecule has 3 nitrogen and oxygen atoms in total. The highest BCUT2D eigenvalue weighted by Gasteiger charge is 2.07. The van der Waals surface area contributed by atoms with Crippen LogP contribution in [0.15, 0.2) is 16.8 Å². The second-order valence-corrected chi connectivity index (χ2v) is 4.40. The fourth-order valence-corrected chi connectivity index (χ4v) is 2.25. The molecule has 0 spiro atoms. The molecule has 1 rings (SSSR count). The molecule has 16 heavy (non-hydrogen) atoms. The first-order chi connectivity index (χ1) is 7.77. The minimum atomic E-state index is 0.190. The normalized spacial score (nSPS) is 10.4. The maximum absolute atomic E-state index is 11.6. The first-order valence-corrected chi connectivity index (χ1v) is 6.71. The van der Waals surface area contributed by atoms with Crippen molar-refractivity contribution in [3.05, 3.63) is 22.4 Å². The van der Waals surface area contributed by atoms with Crippen molar-refractivity contribution in [3.63, 3.8) is 0 Å². The Morgan fingerprint density at radius 2 is 2.19 bits per heavy atom. The number of carbonyl (C=O) groups is 1. The van der Waals surface area contributed by atoms with Crippen LogP contribution >= 0.6 is 11.3 Å². The van der Waals surface area contributed by atoms with E-state index in [4.69, 9.17) is 0 Å². The van der Waals surface area contributed by atoms with Crippen LogP contribution in [-0.4, -0.2) is 37.0 Å². The molecule has 0 aliphatic carbocycles. The number of hydrogen-bond acceptors (Lipinski definition) is 3. The van der Waals surface area contributed by atoms with Crippen molar-refractivity contribution >= 4 is 17.2 Å². The highest BCUT2D eigenvalue weighted by atomic mass is 32.1. The third kappa shape index (κ3) is 4.33. The van der Waals surface area contributed by atoms with Gasteiger partial charge in [-0.3, -0.25) is 4.79 Å². The maximum atomic E-state index is 11.6. The molecule has 0 aromatic carbocycles. The van der Waals surface area contributed by atoms with Gasteiger partial charge in [0.1, 0.15) is 0 Å². The lowest BCUT2D eigenvalue weighted by molar-refractivity contribution is -0.129. The molecule has 0 fully saturated rings. The van der Waals surface area contributed by atoms with Gasteiger partial charge in [-0.1, -0.05) is 0 Å². The second-order valence-electron chi connectivity index (χ2n) is 3.62. The zero-order valence-corrected chi connectivity index (χ0v) is 10.8. The Morgan fingerprint density at radius 1 is 1.44 bits per heavy atom. The molecule has 4 heteroatoms. The number of rotatable bonds is 7.